The first kappa shape index (κ1) is 21.4. The molecule has 0 aliphatic carbocycles. The van der Waals surface area contributed by atoms with Crippen LogP contribution in [0.3, 0.4) is 0 Å². The first-order chi connectivity index (χ1) is 9.93. The van der Waals surface area contributed by atoms with Crippen molar-refractivity contribution >= 4 is 30.7 Å². The fourth-order valence-electron chi connectivity index (χ4n) is 2.32. The molecule has 0 aliphatic rings. The van der Waals surface area contributed by atoms with Crippen molar-refractivity contribution in [2.75, 3.05) is 0 Å². The first-order valence-electron chi connectivity index (χ1n) is 8.89. The minimum Gasteiger partial charge on any atom is -0.0654 e. The Labute approximate surface area is 149 Å². The van der Waals surface area contributed by atoms with E-state index in [9.17, 15) is 0 Å². The molecule has 0 spiro atoms. The zero-order chi connectivity index (χ0) is 16.1. The van der Waals surface area contributed by atoms with Gasteiger partial charge in [-0.15, -0.1) is 0 Å². The van der Waals surface area contributed by atoms with E-state index in [-0.39, 0.29) is 0 Å². The molecule has 0 aromatic heterocycles. The normalized spacial score (nSPS) is 13.8. The Bertz CT molecular complexity index is 310. The van der Waals surface area contributed by atoms with E-state index < -0.39 is 8.07 Å². The number of halogens is 1. The second kappa shape index (κ2) is 12.9. The van der Waals surface area contributed by atoms with E-state index in [1.54, 1.807) is 8.78 Å². The maximum atomic E-state index is 3.57. The van der Waals surface area contributed by atoms with Gasteiger partial charge in [0.1, 0.15) is 0 Å². The third-order valence-electron chi connectivity index (χ3n) is 3.69. The van der Waals surface area contributed by atoms with Crippen LogP contribution in [0.2, 0.25) is 19.6 Å². The summed E-state index contributed by atoms with van der Waals surface area (Å²) in [5.41, 5.74) is 1.58. The smallest absolute Gasteiger partial charge is 0.0654 e. The van der Waals surface area contributed by atoms with Gasteiger partial charge in [0.15, 0.2) is 0 Å². The van der Waals surface area contributed by atoms with Crippen LogP contribution in [0.1, 0.15) is 78.1 Å². The molecule has 0 saturated heterocycles. The largest absolute Gasteiger partial charge is 0.0858 e. The summed E-state index contributed by atoms with van der Waals surface area (Å²) >= 11 is 2.62. The zero-order valence-electron chi connectivity index (χ0n) is 15.0. The van der Waals surface area contributed by atoms with Gasteiger partial charge in [-0.3, -0.25) is 0 Å². The summed E-state index contributed by atoms with van der Waals surface area (Å²) in [6.07, 6.45) is 19.1. The SMILES string of the molecule is CCCCCC[C]=C/C(CCCCCC)=C(\I)[Si](C)(C)C. The highest BCUT2D eigenvalue weighted by atomic mass is 127. The Morgan fingerprint density at radius 3 is 2.00 bits per heavy atom. The summed E-state index contributed by atoms with van der Waals surface area (Å²) in [5, 5.41) is 0. The van der Waals surface area contributed by atoms with Crippen LogP contribution in [-0.4, -0.2) is 8.07 Å². The van der Waals surface area contributed by atoms with Gasteiger partial charge in [0.2, 0.25) is 0 Å². The third kappa shape index (κ3) is 11.6. The van der Waals surface area contributed by atoms with Gasteiger partial charge in [0, 0.05) is 0 Å². The minimum absolute atomic E-state index is 1.13. The van der Waals surface area contributed by atoms with Crippen LogP contribution in [0.5, 0.6) is 0 Å². The van der Waals surface area contributed by atoms with Gasteiger partial charge >= 0.3 is 0 Å². The van der Waals surface area contributed by atoms with Crippen molar-refractivity contribution in [1.82, 2.24) is 0 Å². The molecule has 0 aromatic carbocycles. The van der Waals surface area contributed by atoms with E-state index in [2.05, 4.69) is 68.2 Å². The lowest BCUT2D eigenvalue weighted by Crippen LogP contribution is -2.21. The average Bonchev–Trinajstić information content (AvgIpc) is 2.43. The van der Waals surface area contributed by atoms with Crippen LogP contribution >= 0.6 is 22.6 Å². The zero-order valence-corrected chi connectivity index (χ0v) is 18.2. The second-order valence-corrected chi connectivity index (χ2v) is 14.2. The van der Waals surface area contributed by atoms with Gasteiger partial charge in [-0.2, -0.15) is 0 Å². The highest BCUT2D eigenvalue weighted by Crippen LogP contribution is 2.29. The van der Waals surface area contributed by atoms with E-state index in [0.717, 1.165) is 6.42 Å². The summed E-state index contributed by atoms with van der Waals surface area (Å²) < 4.78 is 1.65. The highest BCUT2D eigenvalue weighted by molar-refractivity contribution is 14.1. The van der Waals surface area contributed by atoms with Gasteiger partial charge in [-0.1, -0.05) is 101 Å². The molecule has 0 rings (SSSR count). The van der Waals surface area contributed by atoms with Gasteiger partial charge in [0.25, 0.3) is 0 Å². The molecule has 0 aromatic rings. The molecule has 123 valence electrons. The standard InChI is InChI=1S/C19H36ISi/c1-6-8-10-12-13-15-17-18(16-14-11-9-7-2)19(20)21(3,4)5/h17H,6-14,16H2,1-5H3/b17-15?,19-18+. The van der Waals surface area contributed by atoms with Crippen molar-refractivity contribution in [3.8, 4) is 0 Å². The molecule has 0 fully saturated rings. The molecular formula is C19H36ISi. The Hall–Kier alpha value is 0.427. The molecule has 0 heterocycles. The topological polar surface area (TPSA) is 0 Å². The van der Waals surface area contributed by atoms with Gasteiger partial charge < -0.3 is 0 Å². The number of rotatable bonds is 12. The summed E-state index contributed by atoms with van der Waals surface area (Å²) in [6, 6.07) is 0. The van der Waals surface area contributed by atoms with E-state index >= 15 is 0 Å². The number of hydrogen-bond acceptors (Lipinski definition) is 0. The van der Waals surface area contributed by atoms with E-state index in [0.29, 0.717) is 0 Å². The fourth-order valence-corrected chi connectivity index (χ4v) is 3.90. The Morgan fingerprint density at radius 2 is 1.48 bits per heavy atom. The fraction of sp³-hybridized carbons (Fsp3) is 0.789. The van der Waals surface area contributed by atoms with Crippen LogP contribution in [0.15, 0.2) is 14.9 Å². The lowest BCUT2D eigenvalue weighted by atomic mass is 10.1. The van der Waals surface area contributed by atoms with E-state index in [1.807, 2.05) is 0 Å². The van der Waals surface area contributed by atoms with Crippen molar-refractivity contribution in [1.29, 1.82) is 0 Å². The molecule has 0 aliphatic heterocycles. The molecule has 0 saturated carbocycles. The van der Waals surface area contributed by atoms with Gasteiger partial charge in [-0.05, 0) is 40.5 Å². The molecule has 0 amide bonds. The third-order valence-corrected chi connectivity index (χ3v) is 10.9. The molecule has 0 nitrogen and oxygen atoms in total. The van der Waals surface area contributed by atoms with Crippen molar-refractivity contribution in [2.24, 2.45) is 0 Å². The summed E-state index contributed by atoms with van der Waals surface area (Å²) in [5.74, 6) is 0. The van der Waals surface area contributed by atoms with Crippen LogP contribution < -0.4 is 0 Å². The minimum atomic E-state index is -1.18. The predicted octanol–water partition coefficient (Wildman–Crippen LogP) is 7.85. The number of unbranched alkanes of at least 4 members (excludes halogenated alkanes) is 7. The number of hydrogen-bond donors (Lipinski definition) is 0. The van der Waals surface area contributed by atoms with E-state index in [1.165, 1.54) is 57.8 Å². The van der Waals surface area contributed by atoms with Crippen LogP contribution in [0.4, 0.5) is 0 Å². The molecule has 0 unspecified atom stereocenters. The summed E-state index contributed by atoms with van der Waals surface area (Å²) in [4.78, 5) is 0. The molecule has 0 bridgehead atoms. The van der Waals surface area contributed by atoms with Crippen LogP contribution in [0.25, 0.3) is 0 Å². The lowest BCUT2D eigenvalue weighted by Gasteiger charge is -2.19. The predicted molar refractivity (Wildman–Crippen MR) is 110 cm³/mol. The summed E-state index contributed by atoms with van der Waals surface area (Å²) in [6.45, 7) is 11.9. The Morgan fingerprint density at radius 1 is 0.905 bits per heavy atom. The van der Waals surface area contributed by atoms with Gasteiger partial charge in [-0.25, -0.2) is 0 Å². The van der Waals surface area contributed by atoms with Crippen molar-refractivity contribution in [3.63, 3.8) is 0 Å². The molecule has 0 atom stereocenters. The average molecular weight is 419 g/mol. The quantitative estimate of drug-likeness (QED) is 0.131. The summed E-state index contributed by atoms with van der Waals surface area (Å²) in [7, 11) is -1.18. The molecular weight excluding hydrogens is 383 g/mol. The Kier molecular flexibility index (Phi) is 13.2. The Balaban J connectivity index is 4.48. The van der Waals surface area contributed by atoms with Gasteiger partial charge in [0.05, 0.1) is 8.07 Å². The number of allylic oxidation sites excluding steroid dienone is 3. The monoisotopic (exact) mass is 419 g/mol. The van der Waals surface area contributed by atoms with Crippen molar-refractivity contribution in [3.05, 3.63) is 20.9 Å². The maximum absolute atomic E-state index is 3.57. The van der Waals surface area contributed by atoms with Crippen LogP contribution in [-0.2, 0) is 0 Å². The van der Waals surface area contributed by atoms with Crippen molar-refractivity contribution in [2.45, 2.75) is 97.7 Å². The molecule has 0 N–H and O–H groups in total. The molecule has 1 radical (unpaired) electrons. The molecule has 2 heteroatoms. The lowest BCUT2D eigenvalue weighted by molar-refractivity contribution is 0.664. The maximum Gasteiger partial charge on any atom is 0.0858 e. The van der Waals surface area contributed by atoms with Crippen molar-refractivity contribution < 1.29 is 0 Å². The first-order valence-corrected chi connectivity index (χ1v) is 13.5. The van der Waals surface area contributed by atoms with Crippen LogP contribution in [0, 0.1) is 6.08 Å². The van der Waals surface area contributed by atoms with E-state index in [4.69, 9.17) is 0 Å². The second-order valence-electron chi connectivity index (χ2n) is 7.06. The molecule has 21 heavy (non-hydrogen) atoms. The highest BCUT2D eigenvalue weighted by Gasteiger charge is 2.19.